The van der Waals surface area contributed by atoms with E-state index in [2.05, 4.69) is 22.1 Å². The van der Waals surface area contributed by atoms with E-state index in [1.54, 1.807) is 12.3 Å². The van der Waals surface area contributed by atoms with Crippen molar-refractivity contribution in [1.82, 2.24) is 15.2 Å². The van der Waals surface area contributed by atoms with E-state index in [4.69, 9.17) is 4.74 Å². The molecule has 3 aliphatic heterocycles. The molecule has 0 bridgehead atoms. The summed E-state index contributed by atoms with van der Waals surface area (Å²) in [5, 5.41) is 2.78. The minimum absolute atomic E-state index is 0.263. The third-order valence-corrected chi connectivity index (χ3v) is 7.63. The number of pyridine rings is 1. The van der Waals surface area contributed by atoms with Crippen molar-refractivity contribution in [3.63, 3.8) is 0 Å². The SMILES string of the molecule is CC12CN(CC3CC3)CCC1(c1ccc3ncc(C4CCC(=O)NC4=O)cc3c1F)O2. The van der Waals surface area contributed by atoms with Crippen LogP contribution in [-0.4, -0.2) is 46.9 Å². The second kappa shape index (κ2) is 6.56. The second-order valence-electron chi connectivity index (χ2n) is 9.85. The van der Waals surface area contributed by atoms with Gasteiger partial charge in [0.2, 0.25) is 11.8 Å². The first-order valence-electron chi connectivity index (χ1n) is 11.2. The Morgan fingerprint density at radius 2 is 2.13 bits per heavy atom. The fraction of sp³-hybridized carbons (Fsp3) is 0.542. The number of hydrogen-bond acceptors (Lipinski definition) is 5. The summed E-state index contributed by atoms with van der Waals surface area (Å²) in [5.41, 5.74) is 0.835. The predicted octanol–water partition coefficient (Wildman–Crippen LogP) is 2.99. The highest BCUT2D eigenvalue weighted by Gasteiger charge is 2.70. The van der Waals surface area contributed by atoms with Gasteiger partial charge >= 0.3 is 0 Å². The summed E-state index contributed by atoms with van der Waals surface area (Å²) in [4.78, 5) is 30.6. The zero-order valence-electron chi connectivity index (χ0n) is 17.6. The van der Waals surface area contributed by atoms with Crippen LogP contribution in [0.4, 0.5) is 4.39 Å². The van der Waals surface area contributed by atoms with Gasteiger partial charge in [0, 0.05) is 43.2 Å². The van der Waals surface area contributed by atoms with Gasteiger partial charge in [-0.15, -0.1) is 0 Å². The Bertz CT molecular complexity index is 1120. The van der Waals surface area contributed by atoms with E-state index in [-0.39, 0.29) is 29.7 Å². The van der Waals surface area contributed by atoms with Crippen LogP contribution in [-0.2, 0) is 19.9 Å². The highest BCUT2D eigenvalue weighted by atomic mass is 19.1. The minimum Gasteiger partial charge on any atom is -0.356 e. The smallest absolute Gasteiger partial charge is 0.234 e. The molecular weight excluding hydrogens is 397 g/mol. The summed E-state index contributed by atoms with van der Waals surface area (Å²) < 4.78 is 22.1. The van der Waals surface area contributed by atoms with Crippen LogP contribution in [0.15, 0.2) is 24.4 Å². The van der Waals surface area contributed by atoms with Crippen LogP contribution in [0.3, 0.4) is 0 Å². The lowest BCUT2D eigenvalue weighted by Crippen LogP contribution is -2.45. The number of ether oxygens (including phenoxy) is 1. The zero-order valence-corrected chi connectivity index (χ0v) is 17.6. The van der Waals surface area contributed by atoms with Gasteiger partial charge in [-0.05, 0) is 56.2 Å². The predicted molar refractivity (Wildman–Crippen MR) is 112 cm³/mol. The van der Waals surface area contributed by atoms with Crippen molar-refractivity contribution in [3.8, 4) is 0 Å². The average molecular weight is 423 g/mol. The van der Waals surface area contributed by atoms with Crippen molar-refractivity contribution in [2.24, 2.45) is 5.92 Å². The first kappa shape index (κ1) is 19.3. The van der Waals surface area contributed by atoms with E-state index in [1.165, 1.54) is 12.8 Å². The van der Waals surface area contributed by atoms with Gasteiger partial charge in [-0.2, -0.15) is 0 Å². The number of benzene rings is 1. The van der Waals surface area contributed by atoms with Gasteiger partial charge in [0.05, 0.1) is 11.4 Å². The second-order valence-corrected chi connectivity index (χ2v) is 9.85. The Balaban J connectivity index is 1.33. The molecule has 162 valence electrons. The van der Waals surface area contributed by atoms with Gasteiger partial charge in [-0.1, -0.05) is 6.07 Å². The van der Waals surface area contributed by atoms with Crippen molar-refractivity contribution >= 4 is 22.7 Å². The molecule has 3 unspecified atom stereocenters. The molecule has 6 nitrogen and oxygen atoms in total. The van der Waals surface area contributed by atoms with E-state index >= 15 is 4.39 Å². The molecule has 4 fully saturated rings. The van der Waals surface area contributed by atoms with Gasteiger partial charge in [0.1, 0.15) is 17.0 Å². The number of halogens is 1. The van der Waals surface area contributed by atoms with Gasteiger partial charge in [-0.3, -0.25) is 24.8 Å². The molecule has 1 saturated carbocycles. The third kappa shape index (κ3) is 3.01. The lowest BCUT2D eigenvalue weighted by atomic mass is 9.80. The highest BCUT2D eigenvalue weighted by molar-refractivity contribution is 6.01. The molecule has 1 aliphatic carbocycles. The van der Waals surface area contributed by atoms with Gasteiger partial charge in [-0.25, -0.2) is 4.39 Å². The van der Waals surface area contributed by atoms with E-state index in [0.29, 0.717) is 28.5 Å². The number of likely N-dealkylation sites (tertiary alicyclic amines) is 1. The molecule has 3 saturated heterocycles. The number of carbonyl (C=O) groups is 2. The Morgan fingerprint density at radius 1 is 1.29 bits per heavy atom. The number of aromatic nitrogens is 1. The summed E-state index contributed by atoms with van der Waals surface area (Å²) in [6.45, 7) is 4.95. The Labute approximate surface area is 180 Å². The molecule has 31 heavy (non-hydrogen) atoms. The van der Waals surface area contributed by atoms with Crippen molar-refractivity contribution in [2.45, 2.75) is 56.1 Å². The lowest BCUT2D eigenvalue weighted by Gasteiger charge is -2.32. The van der Waals surface area contributed by atoms with E-state index in [1.807, 2.05) is 12.1 Å². The molecular formula is C24H26FN3O3. The lowest BCUT2D eigenvalue weighted by molar-refractivity contribution is -0.134. The summed E-state index contributed by atoms with van der Waals surface area (Å²) in [5.74, 6) is -0.569. The number of fused-ring (bicyclic) bond motifs is 2. The highest BCUT2D eigenvalue weighted by Crippen LogP contribution is 2.61. The first-order valence-corrected chi connectivity index (χ1v) is 11.2. The van der Waals surface area contributed by atoms with Crippen LogP contribution >= 0.6 is 0 Å². The molecule has 1 N–H and O–H groups in total. The molecule has 6 rings (SSSR count). The van der Waals surface area contributed by atoms with E-state index in [9.17, 15) is 9.59 Å². The first-order chi connectivity index (χ1) is 14.9. The molecule has 1 aromatic heterocycles. The number of amides is 2. The average Bonchev–Trinajstić information content (AvgIpc) is 3.64. The third-order valence-electron chi connectivity index (χ3n) is 7.63. The number of epoxide rings is 1. The van der Waals surface area contributed by atoms with E-state index in [0.717, 1.165) is 32.0 Å². The maximum absolute atomic E-state index is 15.8. The van der Waals surface area contributed by atoms with Crippen LogP contribution in [0.1, 0.15) is 56.1 Å². The quantitative estimate of drug-likeness (QED) is 0.605. The summed E-state index contributed by atoms with van der Waals surface area (Å²) in [6, 6.07) is 5.38. The molecule has 7 heteroatoms. The molecule has 1 aromatic carbocycles. The topological polar surface area (TPSA) is 74.8 Å². The zero-order chi connectivity index (χ0) is 21.4. The maximum atomic E-state index is 15.8. The normalized spacial score (nSPS) is 33.3. The number of imide groups is 1. The fourth-order valence-electron chi connectivity index (χ4n) is 5.65. The molecule has 3 atom stereocenters. The van der Waals surface area contributed by atoms with Crippen LogP contribution in [0.25, 0.3) is 10.9 Å². The molecule has 0 radical (unpaired) electrons. The Hall–Kier alpha value is -2.38. The van der Waals surface area contributed by atoms with Crippen molar-refractivity contribution in [3.05, 3.63) is 41.3 Å². The number of hydrogen-bond donors (Lipinski definition) is 1. The number of piperidine rings is 2. The van der Waals surface area contributed by atoms with Crippen molar-refractivity contribution in [2.75, 3.05) is 19.6 Å². The standard InChI is InChI=1S/C24H26FN3O3/c1-23-13-28(12-14-2-3-14)9-8-24(23,31-23)18-5-6-19-17(21(18)25)10-15(11-26-19)16-4-7-20(29)27-22(16)30/h5-6,10-11,14,16H,2-4,7-9,12-13H2,1H3,(H,27,29,30). The molecule has 2 aromatic rings. The van der Waals surface area contributed by atoms with Crippen molar-refractivity contribution < 1.29 is 18.7 Å². The van der Waals surface area contributed by atoms with Gasteiger partial charge in [0.15, 0.2) is 0 Å². The number of nitrogens with one attached hydrogen (secondary N) is 1. The maximum Gasteiger partial charge on any atom is 0.234 e. The van der Waals surface area contributed by atoms with E-state index < -0.39 is 11.5 Å². The fourth-order valence-corrected chi connectivity index (χ4v) is 5.65. The largest absolute Gasteiger partial charge is 0.356 e. The van der Waals surface area contributed by atoms with Crippen LogP contribution in [0, 0.1) is 11.7 Å². The van der Waals surface area contributed by atoms with Gasteiger partial charge < -0.3 is 4.74 Å². The van der Waals surface area contributed by atoms with Crippen LogP contribution in [0.2, 0.25) is 0 Å². The Morgan fingerprint density at radius 3 is 2.87 bits per heavy atom. The van der Waals surface area contributed by atoms with Crippen LogP contribution < -0.4 is 5.32 Å². The molecule has 4 aliphatic rings. The molecule has 2 amide bonds. The minimum atomic E-state index is -0.587. The Kier molecular flexibility index (Phi) is 4.09. The van der Waals surface area contributed by atoms with Crippen LogP contribution in [0.5, 0.6) is 0 Å². The summed E-state index contributed by atoms with van der Waals surface area (Å²) in [6.07, 6.45) is 5.74. The molecule has 0 spiro atoms. The number of rotatable bonds is 4. The number of nitrogens with zero attached hydrogens (tertiary/aromatic N) is 2. The number of carbonyl (C=O) groups excluding carboxylic acids is 2. The monoisotopic (exact) mass is 423 g/mol. The van der Waals surface area contributed by atoms with Crippen molar-refractivity contribution in [1.29, 1.82) is 0 Å². The summed E-state index contributed by atoms with van der Waals surface area (Å²) >= 11 is 0. The summed E-state index contributed by atoms with van der Waals surface area (Å²) in [7, 11) is 0. The van der Waals surface area contributed by atoms with Gasteiger partial charge in [0.25, 0.3) is 0 Å². The molecule has 4 heterocycles.